The maximum absolute atomic E-state index is 2.47. The van der Waals surface area contributed by atoms with E-state index in [-0.39, 0.29) is 5.41 Å². The molecule has 0 bridgehead atoms. The van der Waals surface area contributed by atoms with Crippen molar-refractivity contribution in [3.05, 3.63) is 76.4 Å². The van der Waals surface area contributed by atoms with Crippen molar-refractivity contribution in [1.29, 1.82) is 0 Å². The first-order valence-electron chi connectivity index (χ1n) is 8.73. The third kappa shape index (κ3) is 2.44. The van der Waals surface area contributed by atoms with Crippen LogP contribution in [-0.2, 0) is 30.1 Å². The van der Waals surface area contributed by atoms with Gasteiger partial charge in [-0.3, -0.25) is 0 Å². The normalized spacial score (nSPS) is 18.5. The van der Waals surface area contributed by atoms with E-state index in [9.17, 15) is 0 Å². The van der Waals surface area contributed by atoms with E-state index in [4.69, 9.17) is 0 Å². The molecule has 24 heavy (non-hydrogen) atoms. The molecule has 2 aromatic carbocycles. The van der Waals surface area contributed by atoms with E-state index in [1.807, 2.05) is 0 Å². The van der Waals surface area contributed by atoms with Crippen molar-refractivity contribution in [3.8, 4) is 11.1 Å². The average molecular weight is 391 g/mol. The molecule has 0 fully saturated rings. The number of fused-ring (bicyclic) bond motifs is 3. The molecule has 0 amide bonds. The predicted octanol–water partition coefficient (Wildman–Crippen LogP) is 6.25. The fourth-order valence-electron chi connectivity index (χ4n) is 3.97. The van der Waals surface area contributed by atoms with Crippen LogP contribution in [0.15, 0.2) is 48.6 Å². The van der Waals surface area contributed by atoms with Gasteiger partial charge in [0.1, 0.15) is 0 Å². The summed E-state index contributed by atoms with van der Waals surface area (Å²) >= 11 is 1.59. The molecule has 0 N–H and O–H groups in total. The molecule has 1 heteroatoms. The summed E-state index contributed by atoms with van der Waals surface area (Å²) in [5.41, 5.74) is 12.1. The zero-order valence-corrected chi connectivity index (χ0v) is 17.4. The first-order chi connectivity index (χ1) is 11.4. The van der Waals surface area contributed by atoms with E-state index >= 15 is 0 Å². The fraction of sp³-hybridized carbons (Fsp3) is 0.304. The van der Waals surface area contributed by atoms with Crippen LogP contribution in [0.25, 0.3) is 16.7 Å². The number of allylic oxidation sites excluding steroid dienone is 4. The van der Waals surface area contributed by atoms with Gasteiger partial charge in [0.15, 0.2) is 0 Å². The third-order valence-corrected chi connectivity index (χ3v) is 6.81. The van der Waals surface area contributed by atoms with Gasteiger partial charge in [-0.2, -0.15) is 0 Å². The van der Waals surface area contributed by atoms with Crippen molar-refractivity contribution in [2.75, 3.05) is 0 Å². The number of hydrogen-bond acceptors (Lipinski definition) is 0. The van der Waals surface area contributed by atoms with Crippen molar-refractivity contribution >= 4 is 5.57 Å². The summed E-state index contributed by atoms with van der Waals surface area (Å²) in [4.78, 5) is 0. The van der Waals surface area contributed by atoms with Gasteiger partial charge in [0.05, 0.1) is 0 Å². The van der Waals surface area contributed by atoms with Crippen LogP contribution in [0.3, 0.4) is 0 Å². The van der Waals surface area contributed by atoms with Crippen molar-refractivity contribution in [3.63, 3.8) is 0 Å². The van der Waals surface area contributed by atoms with Gasteiger partial charge in [-0.05, 0) is 0 Å². The maximum atomic E-state index is 2.47. The zero-order valence-electron chi connectivity index (χ0n) is 14.9. The molecule has 0 aromatic heterocycles. The van der Waals surface area contributed by atoms with Crippen molar-refractivity contribution in [1.82, 2.24) is 0 Å². The molecule has 1 unspecified atom stereocenters. The van der Waals surface area contributed by atoms with Crippen LogP contribution in [0.5, 0.6) is 0 Å². The molecule has 0 heterocycles. The predicted molar refractivity (Wildman–Crippen MR) is 98.9 cm³/mol. The molecule has 0 saturated heterocycles. The molecule has 2 aliphatic carbocycles. The molecular weight excluding hydrogens is 367 g/mol. The average Bonchev–Trinajstić information content (AvgIpc) is 3.14. The zero-order chi connectivity index (χ0) is 17.1. The number of hydrogen-bond donors (Lipinski definition) is 0. The summed E-state index contributed by atoms with van der Waals surface area (Å²) in [6.07, 6.45) is 7.85. The molecule has 0 saturated carbocycles. The summed E-state index contributed by atoms with van der Waals surface area (Å²) in [6, 6.07) is 11.8. The summed E-state index contributed by atoms with van der Waals surface area (Å²) in [7, 11) is 0. The molecule has 2 aliphatic rings. The Hall–Kier alpha value is -1.20. The molecule has 4 rings (SSSR count). The Morgan fingerprint density at radius 2 is 1.83 bits per heavy atom. The van der Waals surface area contributed by atoms with Crippen LogP contribution < -0.4 is 0 Å². The Morgan fingerprint density at radius 3 is 2.50 bits per heavy atom. The van der Waals surface area contributed by atoms with Crippen LogP contribution in [-0.4, -0.2) is 0 Å². The second-order valence-corrected chi connectivity index (χ2v) is 9.45. The first kappa shape index (κ1) is 16.3. The van der Waals surface area contributed by atoms with Gasteiger partial charge in [-0.25, -0.2) is 0 Å². The van der Waals surface area contributed by atoms with E-state index in [2.05, 4.69) is 76.3 Å². The van der Waals surface area contributed by atoms with E-state index in [1.165, 1.54) is 39.0 Å². The number of rotatable bonds is 1. The number of aryl methyl sites for hydroxylation is 1. The monoisotopic (exact) mass is 389 g/mol. The van der Waals surface area contributed by atoms with Crippen LogP contribution in [0, 0.1) is 6.92 Å². The van der Waals surface area contributed by atoms with Crippen molar-refractivity contribution in [2.24, 2.45) is 0 Å². The molecule has 0 radical (unpaired) electrons. The summed E-state index contributed by atoms with van der Waals surface area (Å²) in [5, 5.41) is 0. The SMILES string of the molecule is Cc1cccc2c1-c1cc(C(C)(C)C)cc(C3=CC=CC3)c1[CH]2[Zr]. The molecule has 119 valence electrons. The minimum absolute atomic E-state index is 0.165. The number of benzene rings is 2. The third-order valence-electron chi connectivity index (χ3n) is 5.34. The Balaban J connectivity index is 2.05. The topological polar surface area (TPSA) is 0 Å². The Morgan fingerprint density at radius 1 is 1.08 bits per heavy atom. The van der Waals surface area contributed by atoms with Crippen LogP contribution in [0.2, 0.25) is 0 Å². The van der Waals surface area contributed by atoms with Gasteiger partial charge in [-0.15, -0.1) is 0 Å². The minimum atomic E-state index is 0.165. The molecule has 0 aliphatic heterocycles. The second kappa shape index (κ2) is 5.67. The van der Waals surface area contributed by atoms with Gasteiger partial charge in [0.25, 0.3) is 0 Å². The van der Waals surface area contributed by atoms with E-state index in [1.54, 1.807) is 30.3 Å². The first-order valence-corrected chi connectivity index (χ1v) is 10.2. The second-order valence-electron chi connectivity index (χ2n) is 8.03. The van der Waals surface area contributed by atoms with Gasteiger partial charge in [-0.1, -0.05) is 0 Å². The van der Waals surface area contributed by atoms with Gasteiger partial charge in [0.2, 0.25) is 0 Å². The van der Waals surface area contributed by atoms with Gasteiger partial charge >= 0.3 is 161 Å². The summed E-state index contributed by atoms with van der Waals surface area (Å²) in [6.45, 7) is 9.23. The quantitative estimate of drug-likeness (QED) is 0.539. The molecule has 0 nitrogen and oxygen atoms in total. The van der Waals surface area contributed by atoms with E-state index < -0.39 is 0 Å². The van der Waals surface area contributed by atoms with E-state index in [0.717, 1.165) is 6.42 Å². The van der Waals surface area contributed by atoms with E-state index in [0.29, 0.717) is 3.63 Å². The summed E-state index contributed by atoms with van der Waals surface area (Å²) in [5.74, 6) is 0. The van der Waals surface area contributed by atoms with Gasteiger partial charge in [0, 0.05) is 0 Å². The van der Waals surface area contributed by atoms with Crippen molar-refractivity contribution < 1.29 is 24.7 Å². The van der Waals surface area contributed by atoms with Gasteiger partial charge < -0.3 is 0 Å². The Bertz CT molecular complexity index is 891. The molecular formula is C23H23Zr. The fourth-order valence-corrected chi connectivity index (χ4v) is 5.33. The molecule has 1 atom stereocenters. The van der Waals surface area contributed by atoms with Crippen LogP contribution in [0.1, 0.15) is 58.6 Å². The Kier molecular flexibility index (Phi) is 3.84. The van der Waals surface area contributed by atoms with Crippen LogP contribution in [0.4, 0.5) is 0 Å². The van der Waals surface area contributed by atoms with Crippen LogP contribution >= 0.6 is 0 Å². The molecule has 0 spiro atoms. The molecule has 2 aromatic rings. The Labute approximate surface area is 160 Å². The summed E-state index contributed by atoms with van der Waals surface area (Å²) < 4.78 is 0.563. The van der Waals surface area contributed by atoms with Crippen molar-refractivity contribution in [2.45, 2.75) is 43.2 Å². The standard InChI is InChI=1S/C23H23.Zr/c1-15-8-7-11-17-12-20-19(16-9-5-6-10-16)13-18(23(2,3)4)14-21(20)22(15)17;/h5-9,11-14H,10H2,1-4H3;.